The molecule has 1 aliphatic rings. The lowest BCUT2D eigenvalue weighted by molar-refractivity contribution is -0.112. The SMILES string of the molecule is CCCCC1(C(C)C)CC(CC)(C(C)C)C1. The molecule has 1 rings (SSSR count). The lowest BCUT2D eigenvalue weighted by Gasteiger charge is -2.61. The van der Waals surface area contributed by atoms with Crippen molar-refractivity contribution < 1.29 is 0 Å². The molecular weight excluding hydrogens is 192 g/mol. The van der Waals surface area contributed by atoms with Gasteiger partial charge in [0.2, 0.25) is 0 Å². The van der Waals surface area contributed by atoms with Gasteiger partial charge in [-0.25, -0.2) is 0 Å². The zero-order valence-corrected chi connectivity index (χ0v) is 12.4. The Morgan fingerprint density at radius 1 is 0.875 bits per heavy atom. The first-order valence-electron chi connectivity index (χ1n) is 7.42. The van der Waals surface area contributed by atoms with Crippen LogP contribution in [0, 0.1) is 22.7 Å². The Labute approximate surface area is 103 Å². The minimum absolute atomic E-state index is 0.679. The van der Waals surface area contributed by atoms with Gasteiger partial charge in [0.1, 0.15) is 0 Å². The average Bonchev–Trinajstić information content (AvgIpc) is 2.16. The third-order valence-corrected chi connectivity index (χ3v) is 5.59. The van der Waals surface area contributed by atoms with Crippen LogP contribution < -0.4 is 0 Å². The molecule has 0 aromatic rings. The van der Waals surface area contributed by atoms with Gasteiger partial charge in [0.15, 0.2) is 0 Å². The Kier molecular flexibility index (Phi) is 4.49. The molecule has 96 valence electrons. The van der Waals surface area contributed by atoms with Gasteiger partial charge >= 0.3 is 0 Å². The van der Waals surface area contributed by atoms with Crippen molar-refractivity contribution in [3.63, 3.8) is 0 Å². The maximum Gasteiger partial charge on any atom is -0.0264 e. The molecule has 0 aliphatic heterocycles. The van der Waals surface area contributed by atoms with Gasteiger partial charge in [-0.2, -0.15) is 0 Å². The van der Waals surface area contributed by atoms with E-state index in [0.29, 0.717) is 10.8 Å². The van der Waals surface area contributed by atoms with Gasteiger partial charge < -0.3 is 0 Å². The van der Waals surface area contributed by atoms with Crippen LogP contribution in [0.4, 0.5) is 0 Å². The summed E-state index contributed by atoms with van der Waals surface area (Å²) in [5, 5.41) is 0. The molecular formula is C16H32. The molecule has 0 nitrogen and oxygen atoms in total. The smallest absolute Gasteiger partial charge is 0.0264 e. The summed E-state index contributed by atoms with van der Waals surface area (Å²) >= 11 is 0. The van der Waals surface area contributed by atoms with Gasteiger partial charge in [-0.3, -0.25) is 0 Å². The molecule has 0 spiro atoms. The third kappa shape index (κ3) is 2.31. The van der Waals surface area contributed by atoms with Crippen molar-refractivity contribution in [3.05, 3.63) is 0 Å². The predicted molar refractivity (Wildman–Crippen MR) is 73.6 cm³/mol. The fraction of sp³-hybridized carbons (Fsp3) is 1.00. The van der Waals surface area contributed by atoms with E-state index < -0.39 is 0 Å². The lowest BCUT2D eigenvalue weighted by Crippen LogP contribution is -2.51. The van der Waals surface area contributed by atoms with Crippen LogP contribution in [0.2, 0.25) is 0 Å². The van der Waals surface area contributed by atoms with Crippen LogP contribution >= 0.6 is 0 Å². The number of unbranched alkanes of at least 4 members (excludes halogenated alkanes) is 1. The minimum Gasteiger partial charge on any atom is -0.0654 e. The summed E-state index contributed by atoms with van der Waals surface area (Å²) in [5.41, 5.74) is 1.37. The van der Waals surface area contributed by atoms with E-state index in [9.17, 15) is 0 Å². The van der Waals surface area contributed by atoms with E-state index in [-0.39, 0.29) is 0 Å². The highest BCUT2D eigenvalue weighted by Crippen LogP contribution is 2.65. The highest BCUT2D eigenvalue weighted by molar-refractivity contribution is 5.05. The Bertz CT molecular complexity index is 206. The van der Waals surface area contributed by atoms with Gasteiger partial charge in [-0.15, -0.1) is 0 Å². The molecule has 0 atom stereocenters. The van der Waals surface area contributed by atoms with Gasteiger partial charge in [0, 0.05) is 0 Å². The monoisotopic (exact) mass is 224 g/mol. The van der Waals surface area contributed by atoms with E-state index in [1.807, 2.05) is 0 Å². The van der Waals surface area contributed by atoms with Crippen molar-refractivity contribution in [3.8, 4) is 0 Å². The first-order chi connectivity index (χ1) is 7.42. The van der Waals surface area contributed by atoms with Crippen molar-refractivity contribution >= 4 is 0 Å². The zero-order valence-electron chi connectivity index (χ0n) is 12.4. The van der Waals surface area contributed by atoms with Crippen LogP contribution in [0.5, 0.6) is 0 Å². The third-order valence-electron chi connectivity index (χ3n) is 5.59. The van der Waals surface area contributed by atoms with Crippen LogP contribution in [-0.2, 0) is 0 Å². The topological polar surface area (TPSA) is 0 Å². The molecule has 0 radical (unpaired) electrons. The molecule has 0 bridgehead atoms. The maximum atomic E-state index is 2.44. The van der Waals surface area contributed by atoms with Crippen molar-refractivity contribution in [1.82, 2.24) is 0 Å². The quantitative estimate of drug-likeness (QED) is 0.545. The summed E-state index contributed by atoms with van der Waals surface area (Å²) in [5.74, 6) is 1.74. The van der Waals surface area contributed by atoms with Crippen molar-refractivity contribution in [1.29, 1.82) is 0 Å². The van der Waals surface area contributed by atoms with Crippen molar-refractivity contribution in [2.45, 2.75) is 80.1 Å². The van der Waals surface area contributed by atoms with Crippen LogP contribution in [0.3, 0.4) is 0 Å². The van der Waals surface area contributed by atoms with E-state index in [4.69, 9.17) is 0 Å². The fourth-order valence-electron chi connectivity index (χ4n) is 3.82. The summed E-state index contributed by atoms with van der Waals surface area (Å²) in [4.78, 5) is 0. The molecule has 0 N–H and O–H groups in total. The normalized spacial score (nSPS) is 34.5. The highest BCUT2D eigenvalue weighted by Gasteiger charge is 2.55. The summed E-state index contributed by atoms with van der Waals surface area (Å²) in [6.45, 7) is 14.4. The second-order valence-corrected chi connectivity index (χ2v) is 6.84. The van der Waals surface area contributed by atoms with Gasteiger partial charge in [0.05, 0.1) is 0 Å². The van der Waals surface area contributed by atoms with E-state index in [0.717, 1.165) is 11.8 Å². The van der Waals surface area contributed by atoms with Gasteiger partial charge in [-0.05, 0) is 41.9 Å². The zero-order chi connectivity index (χ0) is 12.4. The fourth-order valence-corrected chi connectivity index (χ4v) is 3.82. The molecule has 0 unspecified atom stereocenters. The summed E-state index contributed by atoms with van der Waals surface area (Å²) in [6, 6.07) is 0. The highest BCUT2D eigenvalue weighted by atomic mass is 14.6. The number of hydrogen-bond acceptors (Lipinski definition) is 0. The molecule has 1 fully saturated rings. The molecule has 0 heterocycles. The van der Waals surface area contributed by atoms with E-state index >= 15 is 0 Å². The van der Waals surface area contributed by atoms with Crippen LogP contribution in [0.25, 0.3) is 0 Å². The summed E-state index contributed by atoms with van der Waals surface area (Å²) < 4.78 is 0. The Balaban J connectivity index is 2.67. The van der Waals surface area contributed by atoms with E-state index in [2.05, 4.69) is 41.5 Å². The summed E-state index contributed by atoms with van der Waals surface area (Å²) in [6.07, 6.45) is 8.61. The molecule has 0 amide bonds. The molecule has 16 heavy (non-hydrogen) atoms. The second kappa shape index (κ2) is 5.10. The molecule has 0 heteroatoms. The minimum atomic E-state index is 0.679. The number of rotatable bonds is 6. The van der Waals surface area contributed by atoms with E-state index in [1.54, 1.807) is 0 Å². The Morgan fingerprint density at radius 3 is 1.69 bits per heavy atom. The standard InChI is InChI=1S/C16H32/c1-7-9-10-16(14(5)6)11-15(8-2,12-16)13(3)4/h13-14H,7-12H2,1-6H3. The number of hydrogen-bond donors (Lipinski definition) is 0. The van der Waals surface area contributed by atoms with Gasteiger partial charge in [0.25, 0.3) is 0 Å². The van der Waals surface area contributed by atoms with Crippen molar-refractivity contribution in [2.24, 2.45) is 22.7 Å². The average molecular weight is 224 g/mol. The lowest BCUT2D eigenvalue weighted by atomic mass is 9.44. The Hall–Kier alpha value is 0. The Morgan fingerprint density at radius 2 is 1.38 bits per heavy atom. The predicted octanol–water partition coefficient (Wildman–Crippen LogP) is 5.67. The molecule has 1 aliphatic carbocycles. The second-order valence-electron chi connectivity index (χ2n) is 6.84. The van der Waals surface area contributed by atoms with Gasteiger partial charge in [-0.1, -0.05) is 60.8 Å². The van der Waals surface area contributed by atoms with Crippen LogP contribution in [-0.4, -0.2) is 0 Å². The first kappa shape index (κ1) is 14.1. The van der Waals surface area contributed by atoms with Crippen LogP contribution in [0.1, 0.15) is 80.1 Å². The largest absolute Gasteiger partial charge is 0.0654 e. The first-order valence-corrected chi connectivity index (χ1v) is 7.42. The van der Waals surface area contributed by atoms with Crippen LogP contribution in [0.15, 0.2) is 0 Å². The summed E-state index contributed by atoms with van der Waals surface area (Å²) in [7, 11) is 0. The van der Waals surface area contributed by atoms with Crippen molar-refractivity contribution in [2.75, 3.05) is 0 Å². The maximum absolute atomic E-state index is 2.44. The molecule has 0 aromatic heterocycles. The van der Waals surface area contributed by atoms with E-state index in [1.165, 1.54) is 38.5 Å². The molecule has 1 saturated carbocycles. The molecule has 0 aromatic carbocycles. The molecule has 0 saturated heterocycles.